The van der Waals surface area contributed by atoms with Gasteiger partial charge in [-0.05, 0) is 79.1 Å². The third-order valence-electron chi connectivity index (χ3n) is 8.03. The number of benzene rings is 3. The lowest BCUT2D eigenvalue weighted by Crippen LogP contribution is -2.42. The maximum Gasteiger partial charge on any atom is 0.162 e. The minimum Gasteiger partial charge on any atom is -0.487 e. The van der Waals surface area contributed by atoms with E-state index in [1.165, 1.54) is 0 Å². The number of Topliss-reactive ketones (excluding diaryl/α,β-unsaturated/α-hetero) is 1. The molecule has 0 bridgehead atoms. The van der Waals surface area contributed by atoms with E-state index in [9.17, 15) is 10.1 Å². The Morgan fingerprint density at radius 3 is 2.46 bits per heavy atom. The summed E-state index contributed by atoms with van der Waals surface area (Å²) >= 11 is 12.9. The van der Waals surface area contributed by atoms with Crippen LogP contribution in [0.1, 0.15) is 60.4 Å². The molecular formula is C34H33Cl2N3O2. The zero-order valence-corrected chi connectivity index (χ0v) is 25.5. The van der Waals surface area contributed by atoms with Gasteiger partial charge in [0.05, 0.1) is 22.6 Å². The number of allylic oxidation sites excluding steroid dienone is 3. The summed E-state index contributed by atoms with van der Waals surface area (Å²) in [6, 6.07) is 19.6. The summed E-state index contributed by atoms with van der Waals surface area (Å²) in [6.45, 7) is 10.4. The third-order valence-corrected chi connectivity index (χ3v) is 8.74. The van der Waals surface area contributed by atoms with Crippen LogP contribution >= 0.6 is 23.2 Å². The lowest BCUT2D eigenvalue weighted by Gasteiger charge is -2.44. The molecule has 0 saturated carbocycles. The Morgan fingerprint density at radius 2 is 1.78 bits per heavy atom. The molecule has 0 spiro atoms. The molecule has 3 aromatic rings. The van der Waals surface area contributed by atoms with Crippen molar-refractivity contribution < 1.29 is 9.53 Å². The van der Waals surface area contributed by atoms with Crippen molar-refractivity contribution in [1.82, 2.24) is 0 Å². The van der Waals surface area contributed by atoms with Crippen LogP contribution in [-0.2, 0) is 11.4 Å². The second-order valence-corrected chi connectivity index (χ2v) is 12.6. The molecule has 1 heterocycles. The first-order chi connectivity index (χ1) is 19.4. The number of carbonyl (C=O) groups excluding carboxylic acids is 1. The number of para-hydroxylation sites is 1. The van der Waals surface area contributed by atoms with Gasteiger partial charge in [0.2, 0.25) is 0 Å². The van der Waals surface area contributed by atoms with Gasteiger partial charge in [-0.1, -0.05) is 72.9 Å². The number of anilines is 1. The number of halogens is 2. The molecule has 41 heavy (non-hydrogen) atoms. The second kappa shape index (κ2) is 10.9. The molecule has 0 saturated heterocycles. The van der Waals surface area contributed by atoms with Crippen LogP contribution in [0.15, 0.2) is 77.3 Å². The fraction of sp³-hybridized carbons (Fsp3) is 0.294. The van der Waals surface area contributed by atoms with Crippen molar-refractivity contribution in [2.45, 2.75) is 60.0 Å². The minimum atomic E-state index is -0.588. The van der Waals surface area contributed by atoms with Gasteiger partial charge >= 0.3 is 0 Å². The molecule has 2 N–H and O–H groups in total. The van der Waals surface area contributed by atoms with Crippen LogP contribution in [0.3, 0.4) is 0 Å². The van der Waals surface area contributed by atoms with Crippen LogP contribution in [0, 0.1) is 37.5 Å². The Morgan fingerprint density at radius 1 is 1.05 bits per heavy atom. The van der Waals surface area contributed by atoms with Crippen molar-refractivity contribution in [1.29, 1.82) is 5.26 Å². The van der Waals surface area contributed by atoms with Gasteiger partial charge in [-0.25, -0.2) is 0 Å². The highest BCUT2D eigenvalue weighted by Crippen LogP contribution is 2.51. The van der Waals surface area contributed by atoms with Gasteiger partial charge in [0.15, 0.2) is 5.78 Å². The van der Waals surface area contributed by atoms with Crippen molar-refractivity contribution in [3.05, 3.63) is 115 Å². The minimum absolute atomic E-state index is 0.0273. The van der Waals surface area contributed by atoms with Crippen molar-refractivity contribution in [3.63, 3.8) is 0 Å². The Hall–Kier alpha value is -3.72. The van der Waals surface area contributed by atoms with E-state index in [1.807, 2.05) is 62.1 Å². The number of nitrogens with zero attached hydrogens (tertiary/aromatic N) is 2. The summed E-state index contributed by atoms with van der Waals surface area (Å²) in [7, 11) is 0. The molecular weight excluding hydrogens is 553 g/mol. The molecule has 5 rings (SSSR count). The number of rotatable bonds is 5. The van der Waals surface area contributed by atoms with Crippen molar-refractivity contribution in [3.8, 4) is 11.8 Å². The second-order valence-electron chi connectivity index (χ2n) is 11.8. The van der Waals surface area contributed by atoms with Gasteiger partial charge in [0.25, 0.3) is 0 Å². The number of hydrogen-bond donors (Lipinski definition) is 1. The van der Waals surface area contributed by atoms with E-state index in [0.29, 0.717) is 52.2 Å². The van der Waals surface area contributed by atoms with Crippen LogP contribution in [0.2, 0.25) is 10.0 Å². The van der Waals surface area contributed by atoms with Crippen LogP contribution in [-0.4, -0.2) is 5.78 Å². The molecule has 1 aliphatic carbocycles. The highest BCUT2D eigenvalue weighted by atomic mass is 35.5. The van der Waals surface area contributed by atoms with E-state index in [2.05, 4.69) is 32.0 Å². The summed E-state index contributed by atoms with van der Waals surface area (Å²) < 4.78 is 6.09. The van der Waals surface area contributed by atoms with Crippen molar-refractivity contribution >= 4 is 34.7 Å². The molecule has 0 amide bonds. The lowest BCUT2D eigenvalue weighted by atomic mass is 9.68. The van der Waals surface area contributed by atoms with E-state index in [0.717, 1.165) is 39.2 Å². The molecule has 0 radical (unpaired) electrons. The van der Waals surface area contributed by atoms with E-state index < -0.39 is 5.92 Å². The average Bonchev–Trinajstić information content (AvgIpc) is 2.90. The van der Waals surface area contributed by atoms with E-state index in [-0.39, 0.29) is 11.2 Å². The molecule has 7 heteroatoms. The average molecular weight is 587 g/mol. The molecule has 1 aliphatic heterocycles. The first kappa shape index (κ1) is 28.8. The Bertz CT molecular complexity index is 1680. The standard InChI is InChI=1S/C34H33Cl2N3O2/c1-19-12-22(18-41-30-9-7-6-8-26(30)35)21(3)24(13-19)31-25(17-37)33(38)39(23-11-10-20(2)27(36)14-23)28-15-34(4,5)16-29(40)32(28)31/h6-14,31H,15-16,18,38H2,1-5H3. The first-order valence-corrected chi connectivity index (χ1v) is 14.4. The zero-order valence-electron chi connectivity index (χ0n) is 23.9. The molecule has 5 nitrogen and oxygen atoms in total. The number of hydrogen-bond acceptors (Lipinski definition) is 5. The molecule has 210 valence electrons. The smallest absolute Gasteiger partial charge is 0.162 e. The monoisotopic (exact) mass is 585 g/mol. The van der Waals surface area contributed by atoms with Gasteiger partial charge in [-0.15, -0.1) is 0 Å². The lowest BCUT2D eigenvalue weighted by molar-refractivity contribution is -0.118. The molecule has 0 fully saturated rings. The zero-order chi connectivity index (χ0) is 29.6. The number of aryl methyl sites for hydroxylation is 2. The fourth-order valence-corrected chi connectivity index (χ4v) is 6.33. The van der Waals surface area contributed by atoms with Crippen LogP contribution in [0.25, 0.3) is 0 Å². The Kier molecular flexibility index (Phi) is 7.68. The van der Waals surface area contributed by atoms with E-state index >= 15 is 0 Å². The Labute approximate surface area is 251 Å². The SMILES string of the molecule is Cc1cc(COc2ccccc2Cl)c(C)c(C2C(C#N)=C(N)N(c3ccc(C)c(Cl)c3)C3=C2C(=O)CC(C)(C)C3)c1. The maximum absolute atomic E-state index is 14.0. The normalized spacial score (nSPS) is 18.3. The molecule has 0 aromatic heterocycles. The summed E-state index contributed by atoms with van der Waals surface area (Å²) in [5.74, 6) is 0.351. The maximum atomic E-state index is 14.0. The number of ketones is 1. The highest BCUT2D eigenvalue weighted by Gasteiger charge is 2.45. The summed E-state index contributed by atoms with van der Waals surface area (Å²) in [6.07, 6.45) is 1.01. The van der Waals surface area contributed by atoms with Crippen LogP contribution in [0.5, 0.6) is 5.75 Å². The van der Waals surface area contributed by atoms with Crippen LogP contribution in [0.4, 0.5) is 5.69 Å². The third kappa shape index (κ3) is 5.35. The molecule has 2 aliphatic rings. The van der Waals surface area contributed by atoms with Gasteiger partial charge in [-0.3, -0.25) is 9.69 Å². The molecule has 1 atom stereocenters. The topological polar surface area (TPSA) is 79.3 Å². The summed E-state index contributed by atoms with van der Waals surface area (Å²) in [5, 5.41) is 11.7. The van der Waals surface area contributed by atoms with Crippen molar-refractivity contribution in [2.24, 2.45) is 11.1 Å². The van der Waals surface area contributed by atoms with E-state index in [4.69, 9.17) is 33.7 Å². The van der Waals surface area contributed by atoms with Crippen LogP contribution < -0.4 is 15.4 Å². The number of ether oxygens (including phenoxy) is 1. The van der Waals surface area contributed by atoms with Gasteiger partial charge in [-0.2, -0.15) is 5.26 Å². The largest absolute Gasteiger partial charge is 0.487 e. The van der Waals surface area contributed by atoms with E-state index in [1.54, 1.807) is 6.07 Å². The van der Waals surface area contributed by atoms with Crippen molar-refractivity contribution in [2.75, 3.05) is 4.90 Å². The molecule has 3 aromatic carbocycles. The van der Waals surface area contributed by atoms with Gasteiger partial charge < -0.3 is 10.5 Å². The number of nitrogens with two attached hydrogens (primary N) is 1. The quantitative estimate of drug-likeness (QED) is 0.325. The predicted molar refractivity (Wildman–Crippen MR) is 165 cm³/mol. The van der Waals surface area contributed by atoms with Gasteiger partial charge in [0, 0.05) is 28.4 Å². The Balaban J connectivity index is 1.69. The fourth-order valence-electron chi connectivity index (χ4n) is 5.97. The first-order valence-electron chi connectivity index (χ1n) is 13.6. The summed E-state index contributed by atoms with van der Waals surface area (Å²) in [5.41, 5.74) is 13.8. The number of nitriles is 1. The molecule has 1 unspecified atom stereocenters. The summed E-state index contributed by atoms with van der Waals surface area (Å²) in [4.78, 5) is 15.9. The highest BCUT2D eigenvalue weighted by molar-refractivity contribution is 6.32. The predicted octanol–water partition coefficient (Wildman–Crippen LogP) is 8.44. The number of carbonyl (C=O) groups is 1. The van der Waals surface area contributed by atoms with Gasteiger partial charge in [0.1, 0.15) is 18.2 Å².